The van der Waals surface area contributed by atoms with Crippen LogP contribution >= 0.6 is 11.3 Å². The summed E-state index contributed by atoms with van der Waals surface area (Å²) in [6.07, 6.45) is 0.577. The number of nitrogens with zero attached hydrogens (tertiary/aromatic N) is 5. The number of hydrogen-bond donors (Lipinski definition) is 2. The van der Waals surface area contributed by atoms with Crippen molar-refractivity contribution >= 4 is 28.5 Å². The number of carbonyl (C=O) groups excluding carboxylic acids is 1. The number of fused-ring (bicyclic) bond motifs is 2. The zero-order valence-electron chi connectivity index (χ0n) is 18.6. The summed E-state index contributed by atoms with van der Waals surface area (Å²) in [6.45, 7) is 0. The molecule has 1 aliphatic heterocycles. The second-order valence-electron chi connectivity index (χ2n) is 8.82. The van der Waals surface area contributed by atoms with Gasteiger partial charge >= 0.3 is 6.18 Å². The highest BCUT2D eigenvalue weighted by atomic mass is 32.1. The van der Waals surface area contributed by atoms with Gasteiger partial charge in [-0.3, -0.25) is 4.79 Å². The average molecular weight is 510 g/mol. The predicted octanol–water partition coefficient (Wildman–Crippen LogP) is 4.56. The third-order valence-electron chi connectivity index (χ3n) is 6.38. The van der Waals surface area contributed by atoms with E-state index < -0.39 is 17.8 Å². The molecule has 182 valence electrons. The summed E-state index contributed by atoms with van der Waals surface area (Å²) in [5.41, 5.74) is 16.2. The van der Waals surface area contributed by atoms with Gasteiger partial charge in [-0.15, -0.1) is 11.3 Å². The van der Waals surface area contributed by atoms with Crippen molar-refractivity contribution in [3.05, 3.63) is 81.3 Å². The molecule has 1 unspecified atom stereocenters. The molecule has 0 saturated heterocycles. The van der Waals surface area contributed by atoms with Crippen LogP contribution in [0.3, 0.4) is 0 Å². The van der Waals surface area contributed by atoms with E-state index in [9.17, 15) is 18.0 Å². The quantitative estimate of drug-likeness (QED) is 0.535. The van der Waals surface area contributed by atoms with Gasteiger partial charge in [0.25, 0.3) is 5.91 Å². The van der Waals surface area contributed by atoms with Crippen molar-refractivity contribution < 1.29 is 18.0 Å². The molecule has 8 nitrogen and oxygen atoms in total. The first-order chi connectivity index (χ1) is 17.2. The molecule has 1 aromatic carbocycles. The Morgan fingerprint density at radius 2 is 1.97 bits per heavy atom. The molecule has 3 aromatic rings. The lowest BCUT2D eigenvalue weighted by atomic mass is 9.89. The fraction of sp³-hybridized carbons (Fsp3) is 0.208. The Balaban J connectivity index is 1.58. The Hall–Kier alpha value is -3.90. The third-order valence-corrected chi connectivity index (χ3v) is 7.25. The number of thiazole rings is 1. The molecule has 3 heterocycles. The summed E-state index contributed by atoms with van der Waals surface area (Å²) in [5, 5.41) is 13.6. The van der Waals surface area contributed by atoms with Gasteiger partial charge in [-0.25, -0.2) is 9.67 Å². The minimum absolute atomic E-state index is 0.0303. The molecule has 1 amide bonds. The van der Waals surface area contributed by atoms with Crippen LogP contribution in [0.4, 0.5) is 13.2 Å². The molecule has 36 heavy (non-hydrogen) atoms. The molecule has 0 spiro atoms. The highest BCUT2D eigenvalue weighted by molar-refractivity contribution is 7.13. The maximum absolute atomic E-state index is 13.8. The van der Waals surface area contributed by atoms with E-state index in [2.05, 4.69) is 20.3 Å². The first-order valence-electron chi connectivity index (χ1n) is 11.0. The summed E-state index contributed by atoms with van der Waals surface area (Å²) in [6, 6.07) is 6.99. The van der Waals surface area contributed by atoms with E-state index in [4.69, 9.17) is 11.5 Å². The van der Waals surface area contributed by atoms with E-state index in [1.807, 2.05) is 18.2 Å². The Morgan fingerprint density at radius 1 is 1.17 bits per heavy atom. The van der Waals surface area contributed by atoms with Gasteiger partial charge in [0.2, 0.25) is 0 Å². The van der Waals surface area contributed by atoms with Gasteiger partial charge in [0.15, 0.2) is 5.69 Å². The van der Waals surface area contributed by atoms with Crippen molar-refractivity contribution in [2.24, 2.45) is 21.7 Å². The van der Waals surface area contributed by atoms with Gasteiger partial charge in [-0.2, -0.15) is 28.5 Å². The monoisotopic (exact) mass is 509 g/mol. The van der Waals surface area contributed by atoms with Gasteiger partial charge in [0.05, 0.1) is 17.6 Å². The molecule has 0 radical (unpaired) electrons. The average Bonchev–Trinajstić information content (AvgIpc) is 3.61. The molecule has 0 saturated carbocycles. The van der Waals surface area contributed by atoms with E-state index in [1.165, 1.54) is 15.6 Å². The number of hydrogen-bond acceptors (Lipinski definition) is 7. The van der Waals surface area contributed by atoms with Crippen LogP contribution in [-0.4, -0.2) is 26.7 Å². The molecule has 2 aliphatic carbocycles. The minimum atomic E-state index is -4.69. The molecule has 12 heteroatoms. The molecular weight excluding hydrogens is 491 g/mol. The topological polar surface area (TPSA) is 125 Å². The third kappa shape index (κ3) is 3.78. The maximum atomic E-state index is 13.8. The summed E-state index contributed by atoms with van der Waals surface area (Å²) in [4.78, 5) is 15.7. The normalized spacial score (nSPS) is 18.8. The number of carbonyl (C=O) groups is 1. The first kappa shape index (κ1) is 22.6. The van der Waals surface area contributed by atoms with Crippen LogP contribution in [0.5, 0.6) is 0 Å². The Labute approximate surface area is 206 Å². The Morgan fingerprint density at radius 3 is 2.72 bits per heavy atom. The minimum Gasteiger partial charge on any atom is -0.364 e. The lowest BCUT2D eigenvalue weighted by Gasteiger charge is -2.21. The molecule has 6 rings (SSSR count). The van der Waals surface area contributed by atoms with Crippen LogP contribution in [0.1, 0.15) is 39.3 Å². The number of azo groups is 1. The lowest BCUT2D eigenvalue weighted by molar-refractivity contribution is -0.141. The SMILES string of the molecule is NC(=O)c1csc(-c2cc(C(F)(F)F)nn2C2=C(c3ccc4c(c3)CC(N)C4)CC3=CN=NC3=C2)n1. The smallest absolute Gasteiger partial charge is 0.364 e. The summed E-state index contributed by atoms with van der Waals surface area (Å²) in [7, 11) is 0. The predicted molar refractivity (Wildman–Crippen MR) is 127 cm³/mol. The molecule has 1 atom stereocenters. The van der Waals surface area contributed by atoms with E-state index in [-0.39, 0.29) is 22.4 Å². The van der Waals surface area contributed by atoms with Crippen molar-refractivity contribution in [1.82, 2.24) is 14.8 Å². The number of benzene rings is 1. The van der Waals surface area contributed by atoms with Crippen molar-refractivity contribution in [2.45, 2.75) is 31.5 Å². The number of amides is 1. The van der Waals surface area contributed by atoms with E-state index in [1.54, 1.807) is 12.3 Å². The number of primary amides is 1. The zero-order valence-corrected chi connectivity index (χ0v) is 19.4. The summed E-state index contributed by atoms with van der Waals surface area (Å²) in [5.74, 6) is -0.767. The van der Waals surface area contributed by atoms with Crippen LogP contribution in [0.15, 0.2) is 63.4 Å². The number of nitrogens with two attached hydrogens (primary N) is 2. The van der Waals surface area contributed by atoms with E-state index >= 15 is 0 Å². The van der Waals surface area contributed by atoms with Crippen molar-refractivity contribution in [2.75, 3.05) is 0 Å². The number of allylic oxidation sites excluding steroid dienone is 4. The Bertz CT molecular complexity index is 1560. The largest absolute Gasteiger partial charge is 0.435 e. The van der Waals surface area contributed by atoms with Crippen LogP contribution < -0.4 is 11.5 Å². The van der Waals surface area contributed by atoms with Gasteiger partial charge in [-0.05, 0) is 47.2 Å². The van der Waals surface area contributed by atoms with Gasteiger partial charge in [0.1, 0.15) is 16.4 Å². The van der Waals surface area contributed by atoms with Crippen LogP contribution in [0.2, 0.25) is 0 Å². The molecule has 0 bridgehead atoms. The molecular formula is C24H18F3N7OS. The number of alkyl halides is 3. The number of rotatable bonds is 4. The molecule has 3 aliphatic rings. The lowest BCUT2D eigenvalue weighted by Crippen LogP contribution is -2.18. The standard InChI is InChI=1S/C24H18F3N7OS/c25-24(26,27)21-8-20(23-31-18(10-36-23)22(29)35)34(33-21)19-7-17-14(9-30-32-17)6-16(19)12-2-1-11-4-15(28)5-13(11)3-12/h1-3,7-10,15H,4-6,28H2,(H2,29,35). The van der Waals surface area contributed by atoms with Crippen molar-refractivity contribution in [1.29, 1.82) is 0 Å². The van der Waals surface area contributed by atoms with Crippen molar-refractivity contribution in [3.8, 4) is 10.7 Å². The van der Waals surface area contributed by atoms with E-state index in [0.29, 0.717) is 17.8 Å². The van der Waals surface area contributed by atoms with Gasteiger partial charge in [-0.1, -0.05) is 18.2 Å². The van der Waals surface area contributed by atoms with Gasteiger partial charge in [0, 0.05) is 23.4 Å². The van der Waals surface area contributed by atoms with Crippen LogP contribution in [0.25, 0.3) is 22.0 Å². The molecule has 4 N–H and O–H groups in total. The van der Waals surface area contributed by atoms with Crippen LogP contribution in [-0.2, 0) is 19.0 Å². The number of halogens is 3. The fourth-order valence-corrected chi connectivity index (χ4v) is 5.49. The van der Waals surface area contributed by atoms with Gasteiger partial charge < -0.3 is 11.5 Å². The summed E-state index contributed by atoms with van der Waals surface area (Å²) >= 11 is 1.02. The fourth-order valence-electron chi connectivity index (χ4n) is 4.69. The zero-order chi connectivity index (χ0) is 25.2. The maximum Gasteiger partial charge on any atom is 0.435 e. The molecule has 0 fully saturated rings. The van der Waals surface area contributed by atoms with Crippen molar-refractivity contribution in [3.63, 3.8) is 0 Å². The first-order valence-corrected chi connectivity index (χ1v) is 11.9. The van der Waals surface area contributed by atoms with E-state index in [0.717, 1.165) is 52.5 Å². The highest BCUT2D eigenvalue weighted by Crippen LogP contribution is 2.43. The second kappa shape index (κ2) is 8.07. The Kier molecular flexibility index (Phi) is 5.05. The summed E-state index contributed by atoms with van der Waals surface area (Å²) < 4.78 is 42.5. The highest BCUT2D eigenvalue weighted by Gasteiger charge is 2.37. The second-order valence-corrected chi connectivity index (χ2v) is 9.68. The van der Waals surface area contributed by atoms with Crippen LogP contribution in [0, 0.1) is 0 Å². The molecule has 2 aromatic heterocycles. The number of aromatic nitrogens is 3.